The summed E-state index contributed by atoms with van der Waals surface area (Å²) < 4.78 is 7.66. The Morgan fingerprint density at radius 2 is 1.95 bits per heavy atom. The van der Waals surface area contributed by atoms with Gasteiger partial charge in [-0.05, 0) is 78.6 Å². The predicted molar refractivity (Wildman–Crippen MR) is 170 cm³/mol. The number of carbonyl (C=O) groups excluding carboxylic acids is 2. The van der Waals surface area contributed by atoms with E-state index >= 15 is 0 Å². The third-order valence-electron chi connectivity index (χ3n) is 8.83. The standard InChI is InChI=1S/C35H41N5O3/c1-23-6-3-8-31-34(23)38-35(40(31)16-5-17-43-2)27-7-4-15-39(22-27)33(42)21-29(36)18-24-9-11-25(12-10-24)26-13-14-30-28(19-26)20-32(41)37-30/h3,6,8-14,19,27,29H,4-5,7,15-18,20-22,36H2,1-2H3,(H,37,41)/t27-,29-/m1/s1. The number of hydrogen-bond donors (Lipinski definition) is 2. The fourth-order valence-electron chi connectivity index (χ4n) is 6.60. The summed E-state index contributed by atoms with van der Waals surface area (Å²) in [4.78, 5) is 32.2. The Morgan fingerprint density at radius 1 is 1.14 bits per heavy atom. The lowest BCUT2D eigenvalue weighted by Gasteiger charge is -2.33. The third kappa shape index (κ3) is 6.36. The van der Waals surface area contributed by atoms with Crippen LogP contribution >= 0.6 is 0 Å². The van der Waals surface area contributed by atoms with E-state index in [2.05, 4.69) is 65.3 Å². The summed E-state index contributed by atoms with van der Waals surface area (Å²) in [6.07, 6.45) is 4.28. The molecule has 43 heavy (non-hydrogen) atoms. The summed E-state index contributed by atoms with van der Waals surface area (Å²) in [5.74, 6) is 1.43. The molecule has 0 saturated carbocycles. The minimum Gasteiger partial charge on any atom is -0.385 e. The summed E-state index contributed by atoms with van der Waals surface area (Å²) in [6.45, 7) is 5.10. The van der Waals surface area contributed by atoms with Crippen molar-refractivity contribution in [2.45, 2.75) is 64.0 Å². The number of benzene rings is 3. The number of ether oxygens (including phenoxy) is 1. The number of methoxy groups -OCH3 is 1. The second kappa shape index (κ2) is 12.7. The molecule has 3 N–H and O–H groups in total. The lowest BCUT2D eigenvalue weighted by atomic mass is 9.95. The normalized spacial score (nSPS) is 17.2. The number of imidazole rings is 1. The molecule has 0 spiro atoms. The molecule has 6 rings (SSSR count). The van der Waals surface area contributed by atoms with E-state index in [1.807, 2.05) is 17.0 Å². The number of piperidine rings is 1. The monoisotopic (exact) mass is 579 g/mol. The van der Waals surface area contributed by atoms with Crippen molar-refractivity contribution in [1.82, 2.24) is 14.5 Å². The SMILES string of the molecule is COCCCn1c([C@@H]2CCCN(C(=O)C[C@H](N)Cc3ccc(-c4ccc5c(c4)CC(=O)N5)cc3)C2)nc2c(C)cccc21. The molecule has 2 aliphatic heterocycles. The van der Waals surface area contributed by atoms with Gasteiger partial charge in [-0.2, -0.15) is 0 Å². The molecule has 2 amide bonds. The second-order valence-corrected chi connectivity index (χ2v) is 12.1. The number of nitrogens with one attached hydrogen (secondary N) is 1. The van der Waals surface area contributed by atoms with E-state index in [0.29, 0.717) is 32.4 Å². The average molecular weight is 580 g/mol. The van der Waals surface area contributed by atoms with Gasteiger partial charge in [0, 0.05) is 57.4 Å². The van der Waals surface area contributed by atoms with Crippen molar-refractivity contribution in [3.05, 3.63) is 83.2 Å². The van der Waals surface area contributed by atoms with Gasteiger partial charge in [-0.25, -0.2) is 4.98 Å². The number of para-hydroxylation sites is 1. The molecule has 0 unspecified atom stereocenters. The molecule has 1 saturated heterocycles. The van der Waals surface area contributed by atoms with E-state index in [0.717, 1.165) is 77.2 Å². The summed E-state index contributed by atoms with van der Waals surface area (Å²) in [7, 11) is 1.74. The fourth-order valence-corrected chi connectivity index (χ4v) is 6.60. The zero-order valence-electron chi connectivity index (χ0n) is 25.1. The van der Waals surface area contributed by atoms with Gasteiger partial charge >= 0.3 is 0 Å². The van der Waals surface area contributed by atoms with Gasteiger partial charge in [0.1, 0.15) is 5.82 Å². The lowest BCUT2D eigenvalue weighted by molar-refractivity contribution is -0.132. The number of anilines is 1. The Morgan fingerprint density at radius 3 is 2.77 bits per heavy atom. The molecule has 0 bridgehead atoms. The number of likely N-dealkylation sites (tertiary alicyclic amines) is 1. The highest BCUT2D eigenvalue weighted by molar-refractivity contribution is 5.99. The van der Waals surface area contributed by atoms with Gasteiger partial charge < -0.3 is 25.3 Å². The summed E-state index contributed by atoms with van der Waals surface area (Å²) >= 11 is 0. The lowest BCUT2D eigenvalue weighted by Crippen LogP contribution is -2.42. The Balaban J connectivity index is 1.08. The van der Waals surface area contributed by atoms with Crippen LogP contribution in [0.1, 0.15) is 54.1 Å². The van der Waals surface area contributed by atoms with Crippen LogP contribution in [-0.2, 0) is 33.7 Å². The van der Waals surface area contributed by atoms with Gasteiger partial charge in [-0.1, -0.05) is 42.5 Å². The van der Waals surface area contributed by atoms with Crippen LogP contribution in [0.2, 0.25) is 0 Å². The van der Waals surface area contributed by atoms with E-state index in [4.69, 9.17) is 15.5 Å². The summed E-state index contributed by atoms with van der Waals surface area (Å²) in [5.41, 5.74) is 15.1. The Labute approximate surface area is 253 Å². The first-order chi connectivity index (χ1) is 20.9. The molecule has 1 aromatic heterocycles. The molecule has 0 aliphatic carbocycles. The van der Waals surface area contributed by atoms with Gasteiger partial charge in [0.2, 0.25) is 11.8 Å². The minimum absolute atomic E-state index is 0.0407. The number of carbonyl (C=O) groups is 2. The van der Waals surface area contributed by atoms with Crippen molar-refractivity contribution in [3.8, 4) is 11.1 Å². The van der Waals surface area contributed by atoms with Crippen LogP contribution in [0.4, 0.5) is 5.69 Å². The molecule has 224 valence electrons. The largest absolute Gasteiger partial charge is 0.385 e. The van der Waals surface area contributed by atoms with Crippen molar-refractivity contribution in [1.29, 1.82) is 0 Å². The Kier molecular flexibility index (Phi) is 8.58. The number of aromatic nitrogens is 2. The number of nitrogens with two attached hydrogens (primary N) is 1. The first kappa shape index (κ1) is 29.1. The van der Waals surface area contributed by atoms with Crippen LogP contribution in [0.25, 0.3) is 22.2 Å². The topological polar surface area (TPSA) is 102 Å². The highest BCUT2D eigenvalue weighted by Gasteiger charge is 2.29. The van der Waals surface area contributed by atoms with Crippen molar-refractivity contribution < 1.29 is 14.3 Å². The molecular formula is C35H41N5O3. The molecular weight excluding hydrogens is 538 g/mol. The Bertz CT molecular complexity index is 1630. The van der Waals surface area contributed by atoms with E-state index in [1.165, 1.54) is 5.56 Å². The highest BCUT2D eigenvalue weighted by Crippen LogP contribution is 2.32. The zero-order valence-corrected chi connectivity index (χ0v) is 25.1. The van der Waals surface area contributed by atoms with Crippen LogP contribution in [0.3, 0.4) is 0 Å². The van der Waals surface area contributed by atoms with Gasteiger partial charge in [0.15, 0.2) is 0 Å². The van der Waals surface area contributed by atoms with E-state index < -0.39 is 0 Å². The maximum Gasteiger partial charge on any atom is 0.228 e. The molecule has 1 fully saturated rings. The predicted octanol–water partition coefficient (Wildman–Crippen LogP) is 5.21. The molecule has 3 aromatic carbocycles. The molecule has 2 atom stereocenters. The van der Waals surface area contributed by atoms with E-state index in [-0.39, 0.29) is 23.8 Å². The van der Waals surface area contributed by atoms with Crippen LogP contribution in [0.15, 0.2) is 60.7 Å². The van der Waals surface area contributed by atoms with Gasteiger partial charge in [-0.15, -0.1) is 0 Å². The maximum atomic E-state index is 13.4. The smallest absolute Gasteiger partial charge is 0.228 e. The van der Waals surface area contributed by atoms with Crippen molar-refractivity contribution in [2.24, 2.45) is 5.73 Å². The molecule has 0 radical (unpaired) electrons. The quantitative estimate of drug-likeness (QED) is 0.251. The number of amides is 2. The molecule has 2 aliphatic rings. The number of fused-ring (bicyclic) bond motifs is 2. The van der Waals surface area contributed by atoms with E-state index in [9.17, 15) is 9.59 Å². The maximum absolute atomic E-state index is 13.4. The van der Waals surface area contributed by atoms with Crippen molar-refractivity contribution >= 4 is 28.5 Å². The first-order valence-corrected chi connectivity index (χ1v) is 15.4. The zero-order chi connectivity index (χ0) is 29.9. The van der Waals surface area contributed by atoms with Crippen molar-refractivity contribution in [3.63, 3.8) is 0 Å². The van der Waals surface area contributed by atoms with Gasteiger partial charge in [0.25, 0.3) is 0 Å². The number of aryl methyl sites for hydroxylation is 2. The van der Waals surface area contributed by atoms with Crippen molar-refractivity contribution in [2.75, 3.05) is 32.1 Å². The Hall–Kier alpha value is -4.01. The van der Waals surface area contributed by atoms with Gasteiger partial charge in [-0.3, -0.25) is 9.59 Å². The first-order valence-electron chi connectivity index (χ1n) is 15.4. The van der Waals surface area contributed by atoms with Gasteiger partial charge in [0.05, 0.1) is 17.5 Å². The molecule has 4 aromatic rings. The highest BCUT2D eigenvalue weighted by atomic mass is 16.5. The molecule has 8 heteroatoms. The van der Waals surface area contributed by atoms with Crippen LogP contribution in [0, 0.1) is 6.92 Å². The van der Waals surface area contributed by atoms with Crippen LogP contribution in [0.5, 0.6) is 0 Å². The van der Waals surface area contributed by atoms with Crippen LogP contribution in [-0.4, -0.2) is 59.1 Å². The second-order valence-electron chi connectivity index (χ2n) is 12.1. The summed E-state index contributed by atoms with van der Waals surface area (Å²) in [5, 5.41) is 2.88. The molecule has 8 nitrogen and oxygen atoms in total. The average Bonchev–Trinajstić information content (AvgIpc) is 3.57. The number of hydrogen-bond acceptors (Lipinski definition) is 5. The molecule has 3 heterocycles. The number of rotatable bonds is 10. The minimum atomic E-state index is -0.253. The van der Waals surface area contributed by atoms with E-state index in [1.54, 1.807) is 7.11 Å². The third-order valence-corrected chi connectivity index (χ3v) is 8.83. The number of nitrogens with zero attached hydrogens (tertiary/aromatic N) is 3. The summed E-state index contributed by atoms with van der Waals surface area (Å²) in [6, 6.07) is 20.5. The van der Waals surface area contributed by atoms with Crippen LogP contribution < -0.4 is 11.1 Å². The fraction of sp³-hybridized carbons (Fsp3) is 0.400.